The van der Waals surface area contributed by atoms with Crippen LogP contribution >= 0.6 is 0 Å². The maximum absolute atomic E-state index is 12.0. The summed E-state index contributed by atoms with van der Waals surface area (Å²) in [5.74, 6) is -0.0935. The van der Waals surface area contributed by atoms with Gasteiger partial charge in [0.1, 0.15) is 6.61 Å². The maximum Gasteiger partial charge on any atom is 0.306 e. The predicted octanol–water partition coefficient (Wildman–Crippen LogP) is 11.7. The molecule has 222 valence electrons. The van der Waals surface area contributed by atoms with Crippen molar-refractivity contribution in [1.29, 1.82) is 0 Å². The van der Waals surface area contributed by atoms with Crippen LogP contribution in [0.4, 0.5) is 0 Å². The lowest BCUT2D eigenvalue weighted by atomic mass is 9.72. The van der Waals surface area contributed by atoms with Gasteiger partial charge in [-0.1, -0.05) is 124 Å². The quantitative estimate of drug-likeness (QED) is 0.0697. The first-order valence-corrected chi connectivity index (χ1v) is 15.8. The highest BCUT2D eigenvalue weighted by molar-refractivity contribution is 5.69. The fourth-order valence-electron chi connectivity index (χ4n) is 4.93. The van der Waals surface area contributed by atoms with Crippen LogP contribution in [0.15, 0.2) is 95.2 Å². The highest BCUT2D eigenvalue weighted by atomic mass is 16.5. The van der Waals surface area contributed by atoms with Crippen LogP contribution in [-0.4, -0.2) is 12.6 Å². The van der Waals surface area contributed by atoms with Crippen LogP contribution in [0.1, 0.15) is 125 Å². The van der Waals surface area contributed by atoms with Gasteiger partial charge in [0.15, 0.2) is 0 Å². The SMILES string of the molecule is CC/C=C\CC/C=C\C=C/CCCCCCCC(=O)OC/C=C(C)/C=C/C=C(C)/C=C/C1=C(C)CCCC1(C)C. The first kappa shape index (κ1) is 35.4. The molecule has 0 radical (unpaired) electrons. The van der Waals surface area contributed by atoms with Gasteiger partial charge in [-0.15, -0.1) is 0 Å². The molecule has 2 nitrogen and oxygen atoms in total. The zero-order valence-corrected chi connectivity index (χ0v) is 26.6. The van der Waals surface area contributed by atoms with Crippen molar-refractivity contribution in [2.45, 2.75) is 125 Å². The molecule has 0 fully saturated rings. The fourth-order valence-corrected chi connectivity index (χ4v) is 4.93. The van der Waals surface area contributed by atoms with Crippen molar-refractivity contribution in [3.05, 3.63) is 95.2 Å². The number of carbonyl (C=O) groups excluding carboxylic acids is 1. The highest BCUT2D eigenvalue weighted by Crippen LogP contribution is 2.40. The molecule has 0 amide bonds. The molecule has 0 aromatic carbocycles. The van der Waals surface area contributed by atoms with Gasteiger partial charge in [-0.05, 0) is 95.6 Å². The van der Waals surface area contributed by atoms with Crippen molar-refractivity contribution >= 4 is 5.97 Å². The second-order valence-electron chi connectivity index (χ2n) is 11.8. The summed E-state index contributed by atoms with van der Waals surface area (Å²) in [6, 6.07) is 0. The predicted molar refractivity (Wildman–Crippen MR) is 176 cm³/mol. The summed E-state index contributed by atoms with van der Waals surface area (Å²) >= 11 is 0. The van der Waals surface area contributed by atoms with Crippen LogP contribution in [0.3, 0.4) is 0 Å². The van der Waals surface area contributed by atoms with E-state index in [1.54, 1.807) is 0 Å². The zero-order chi connectivity index (χ0) is 29.5. The van der Waals surface area contributed by atoms with Crippen molar-refractivity contribution in [3.63, 3.8) is 0 Å². The second-order valence-corrected chi connectivity index (χ2v) is 11.8. The first-order chi connectivity index (χ1) is 19.3. The van der Waals surface area contributed by atoms with E-state index in [0.29, 0.717) is 13.0 Å². The third-order valence-corrected chi connectivity index (χ3v) is 7.46. The van der Waals surface area contributed by atoms with E-state index in [4.69, 9.17) is 4.74 Å². The number of hydrogen-bond donors (Lipinski definition) is 0. The number of allylic oxidation sites excluding steroid dienone is 15. The van der Waals surface area contributed by atoms with Crippen LogP contribution in [0.2, 0.25) is 0 Å². The first-order valence-electron chi connectivity index (χ1n) is 15.8. The second kappa shape index (κ2) is 22.1. The Bertz CT molecular complexity index is 959. The molecule has 2 heteroatoms. The third-order valence-electron chi connectivity index (χ3n) is 7.46. The van der Waals surface area contributed by atoms with Gasteiger partial charge in [-0.3, -0.25) is 4.79 Å². The molecule has 0 aromatic heterocycles. The molecule has 0 spiro atoms. The third kappa shape index (κ3) is 17.9. The van der Waals surface area contributed by atoms with Crippen molar-refractivity contribution in [3.8, 4) is 0 Å². The summed E-state index contributed by atoms with van der Waals surface area (Å²) in [6.07, 6.45) is 40.5. The molecule has 1 aliphatic carbocycles. The van der Waals surface area contributed by atoms with Gasteiger partial charge in [0.05, 0.1) is 0 Å². The fraction of sp³-hybridized carbons (Fsp3) is 0.553. The van der Waals surface area contributed by atoms with Gasteiger partial charge in [0, 0.05) is 6.42 Å². The van der Waals surface area contributed by atoms with Crippen molar-refractivity contribution in [2.24, 2.45) is 5.41 Å². The molecule has 0 N–H and O–H groups in total. The Kier molecular flexibility index (Phi) is 19.6. The maximum atomic E-state index is 12.0. The van der Waals surface area contributed by atoms with Gasteiger partial charge in [0.2, 0.25) is 0 Å². The summed E-state index contributed by atoms with van der Waals surface area (Å²) in [6.45, 7) is 13.7. The molecule has 0 saturated heterocycles. The van der Waals surface area contributed by atoms with E-state index < -0.39 is 0 Å². The van der Waals surface area contributed by atoms with Gasteiger partial charge < -0.3 is 4.74 Å². The molecule has 1 aliphatic rings. The van der Waals surface area contributed by atoms with Crippen molar-refractivity contribution < 1.29 is 9.53 Å². The normalized spacial score (nSPS) is 17.1. The Hall–Kier alpha value is -2.61. The van der Waals surface area contributed by atoms with E-state index in [0.717, 1.165) is 44.1 Å². The molecule has 0 atom stereocenters. The summed E-state index contributed by atoms with van der Waals surface area (Å²) in [4.78, 5) is 12.0. The number of ether oxygens (including phenoxy) is 1. The lowest BCUT2D eigenvalue weighted by molar-refractivity contribution is -0.142. The molecule has 0 saturated carbocycles. The molecule has 0 bridgehead atoms. The monoisotopic (exact) mass is 546 g/mol. The van der Waals surface area contributed by atoms with Gasteiger partial charge >= 0.3 is 5.97 Å². The van der Waals surface area contributed by atoms with Crippen LogP contribution in [0, 0.1) is 5.41 Å². The van der Waals surface area contributed by atoms with E-state index >= 15 is 0 Å². The molecule has 0 unspecified atom stereocenters. The molecule has 0 aromatic rings. The van der Waals surface area contributed by atoms with Gasteiger partial charge in [0.25, 0.3) is 0 Å². The summed E-state index contributed by atoms with van der Waals surface area (Å²) in [5.41, 5.74) is 5.62. The lowest BCUT2D eigenvalue weighted by Gasteiger charge is -2.32. The summed E-state index contributed by atoms with van der Waals surface area (Å²) in [7, 11) is 0. The number of hydrogen-bond acceptors (Lipinski definition) is 2. The zero-order valence-electron chi connectivity index (χ0n) is 26.6. The van der Waals surface area contributed by atoms with Gasteiger partial charge in [-0.2, -0.15) is 0 Å². The molecular weight excluding hydrogens is 488 g/mol. The Morgan fingerprint density at radius 2 is 1.55 bits per heavy atom. The summed E-state index contributed by atoms with van der Waals surface area (Å²) < 4.78 is 5.39. The van der Waals surface area contributed by atoms with E-state index in [1.807, 2.05) is 13.0 Å². The van der Waals surface area contributed by atoms with Crippen molar-refractivity contribution in [2.75, 3.05) is 6.61 Å². The molecule has 40 heavy (non-hydrogen) atoms. The lowest BCUT2D eigenvalue weighted by Crippen LogP contribution is -2.19. The van der Waals surface area contributed by atoms with Crippen LogP contribution in [0.25, 0.3) is 0 Å². The minimum absolute atomic E-state index is 0.0935. The molecule has 0 aliphatic heterocycles. The van der Waals surface area contributed by atoms with Crippen molar-refractivity contribution in [1.82, 2.24) is 0 Å². The minimum Gasteiger partial charge on any atom is -0.461 e. The van der Waals surface area contributed by atoms with E-state index in [9.17, 15) is 4.79 Å². The number of carbonyl (C=O) groups is 1. The largest absolute Gasteiger partial charge is 0.461 e. The van der Waals surface area contributed by atoms with E-state index in [1.165, 1.54) is 55.2 Å². The van der Waals surface area contributed by atoms with E-state index in [2.05, 4.69) is 101 Å². The Morgan fingerprint density at radius 1 is 0.850 bits per heavy atom. The van der Waals surface area contributed by atoms with Crippen LogP contribution < -0.4 is 0 Å². The number of rotatable bonds is 19. The van der Waals surface area contributed by atoms with Crippen LogP contribution in [-0.2, 0) is 9.53 Å². The standard InChI is InChI=1S/C38H58O2/c1-7-8-9-10-11-12-13-14-15-16-17-18-19-20-21-27-37(39)40-32-30-34(3)25-22-24-33(2)28-29-36-35(4)26-23-31-38(36,5)6/h8-9,12-15,22,24-25,28-30H,7,10-11,16-21,23,26-27,31-32H2,1-6H3/b9-8-,13-12-,15-14-,25-22+,29-28+,33-24+,34-30+. The number of unbranched alkanes of at least 4 members (excludes halogenated alkanes) is 6. The topological polar surface area (TPSA) is 26.3 Å². The summed E-state index contributed by atoms with van der Waals surface area (Å²) in [5, 5.41) is 0. The Labute approximate surface area is 247 Å². The molecule has 0 heterocycles. The Balaban J connectivity index is 2.15. The van der Waals surface area contributed by atoms with Gasteiger partial charge in [-0.25, -0.2) is 0 Å². The number of esters is 1. The minimum atomic E-state index is -0.0935. The average Bonchev–Trinajstić information content (AvgIpc) is 2.90. The van der Waals surface area contributed by atoms with E-state index in [-0.39, 0.29) is 11.4 Å². The molecule has 1 rings (SSSR count). The smallest absolute Gasteiger partial charge is 0.306 e. The van der Waals surface area contributed by atoms with Crippen LogP contribution in [0.5, 0.6) is 0 Å². The Morgan fingerprint density at radius 3 is 2.30 bits per heavy atom. The highest BCUT2D eigenvalue weighted by Gasteiger charge is 2.26. The molecular formula is C38H58O2. The average molecular weight is 547 g/mol.